The standard InChI is InChI=1S/C15H12BrNS/c1-11-3-2-4-12(7-11)10-18-15-8-14(16)6-5-13(15)9-17/h2-8H,10H2,1H3. The monoisotopic (exact) mass is 317 g/mol. The lowest BCUT2D eigenvalue weighted by molar-refractivity contribution is 1.32. The smallest absolute Gasteiger partial charge is 0.100 e. The van der Waals surface area contributed by atoms with Crippen molar-refractivity contribution in [1.82, 2.24) is 0 Å². The zero-order valence-corrected chi connectivity index (χ0v) is 12.4. The van der Waals surface area contributed by atoms with E-state index in [1.54, 1.807) is 11.8 Å². The van der Waals surface area contributed by atoms with E-state index in [1.807, 2.05) is 18.2 Å². The van der Waals surface area contributed by atoms with Gasteiger partial charge in [-0.3, -0.25) is 0 Å². The van der Waals surface area contributed by atoms with Crippen LogP contribution in [0.2, 0.25) is 0 Å². The Hall–Kier alpha value is -1.24. The maximum Gasteiger partial charge on any atom is 0.100 e. The Kier molecular flexibility index (Phi) is 4.46. The molecule has 0 amide bonds. The molecule has 90 valence electrons. The molecule has 0 aliphatic carbocycles. The average molecular weight is 318 g/mol. The summed E-state index contributed by atoms with van der Waals surface area (Å²) in [5.74, 6) is 0.882. The predicted molar refractivity (Wildman–Crippen MR) is 79.6 cm³/mol. The van der Waals surface area contributed by atoms with E-state index in [-0.39, 0.29) is 0 Å². The largest absolute Gasteiger partial charge is 0.192 e. The molecule has 2 aromatic carbocycles. The molecule has 0 atom stereocenters. The van der Waals surface area contributed by atoms with E-state index in [0.717, 1.165) is 20.7 Å². The minimum absolute atomic E-state index is 0.732. The zero-order chi connectivity index (χ0) is 13.0. The molecule has 0 N–H and O–H groups in total. The highest BCUT2D eigenvalue weighted by atomic mass is 79.9. The molecular weight excluding hydrogens is 306 g/mol. The van der Waals surface area contributed by atoms with Crippen LogP contribution in [0, 0.1) is 18.3 Å². The summed E-state index contributed by atoms with van der Waals surface area (Å²) in [6.45, 7) is 2.09. The third-order valence-electron chi connectivity index (χ3n) is 2.54. The summed E-state index contributed by atoms with van der Waals surface area (Å²) < 4.78 is 1.01. The number of nitrogens with zero attached hydrogens (tertiary/aromatic N) is 1. The minimum atomic E-state index is 0.732. The van der Waals surface area contributed by atoms with Gasteiger partial charge in [-0.05, 0) is 30.7 Å². The summed E-state index contributed by atoms with van der Waals surface area (Å²) in [6, 6.07) is 16.4. The number of benzene rings is 2. The summed E-state index contributed by atoms with van der Waals surface area (Å²) in [6.07, 6.45) is 0. The summed E-state index contributed by atoms with van der Waals surface area (Å²) in [7, 11) is 0. The summed E-state index contributed by atoms with van der Waals surface area (Å²) in [5, 5.41) is 9.07. The van der Waals surface area contributed by atoms with E-state index >= 15 is 0 Å². The van der Waals surface area contributed by atoms with E-state index in [1.165, 1.54) is 11.1 Å². The lowest BCUT2D eigenvalue weighted by atomic mass is 10.2. The van der Waals surface area contributed by atoms with E-state index in [9.17, 15) is 0 Å². The Morgan fingerprint density at radius 3 is 2.78 bits per heavy atom. The van der Waals surface area contributed by atoms with E-state index in [2.05, 4.69) is 53.2 Å². The van der Waals surface area contributed by atoms with Gasteiger partial charge in [0.1, 0.15) is 6.07 Å². The fourth-order valence-electron chi connectivity index (χ4n) is 1.67. The zero-order valence-electron chi connectivity index (χ0n) is 9.98. The van der Waals surface area contributed by atoms with Gasteiger partial charge in [-0.2, -0.15) is 5.26 Å². The molecule has 2 aromatic rings. The molecule has 0 aromatic heterocycles. The van der Waals surface area contributed by atoms with E-state index in [4.69, 9.17) is 5.26 Å². The fraction of sp³-hybridized carbons (Fsp3) is 0.133. The van der Waals surface area contributed by atoms with Crippen molar-refractivity contribution in [2.45, 2.75) is 17.6 Å². The average Bonchev–Trinajstić information content (AvgIpc) is 2.37. The van der Waals surface area contributed by atoms with Gasteiger partial charge in [0.05, 0.1) is 5.56 Å². The molecule has 0 radical (unpaired) electrons. The number of rotatable bonds is 3. The van der Waals surface area contributed by atoms with Gasteiger partial charge in [0.15, 0.2) is 0 Å². The molecule has 1 nitrogen and oxygen atoms in total. The van der Waals surface area contributed by atoms with Crippen molar-refractivity contribution >= 4 is 27.7 Å². The Bertz CT molecular complexity index is 602. The van der Waals surface area contributed by atoms with E-state index < -0.39 is 0 Å². The number of halogens is 1. The summed E-state index contributed by atoms with van der Waals surface area (Å²) in [5.41, 5.74) is 3.28. The molecule has 2 rings (SSSR count). The predicted octanol–water partition coefficient (Wildman–Crippen LogP) is 4.92. The van der Waals surface area contributed by atoms with Crippen LogP contribution in [0.3, 0.4) is 0 Å². The van der Waals surface area contributed by atoms with Crippen molar-refractivity contribution in [2.24, 2.45) is 0 Å². The van der Waals surface area contributed by atoms with Crippen LogP contribution in [-0.2, 0) is 5.75 Å². The van der Waals surface area contributed by atoms with Crippen LogP contribution in [-0.4, -0.2) is 0 Å². The second-order valence-corrected chi connectivity index (χ2v) is 5.96. The molecule has 0 fully saturated rings. The van der Waals surface area contributed by atoms with Crippen molar-refractivity contribution in [1.29, 1.82) is 5.26 Å². The van der Waals surface area contributed by atoms with Gasteiger partial charge in [0, 0.05) is 15.1 Å². The van der Waals surface area contributed by atoms with Gasteiger partial charge in [-0.1, -0.05) is 45.8 Å². The first kappa shape index (κ1) is 13.2. The van der Waals surface area contributed by atoms with Crippen molar-refractivity contribution in [2.75, 3.05) is 0 Å². The van der Waals surface area contributed by atoms with Crippen LogP contribution in [0.25, 0.3) is 0 Å². The highest BCUT2D eigenvalue weighted by Gasteiger charge is 2.04. The normalized spacial score (nSPS) is 10.1. The molecule has 0 bridgehead atoms. The minimum Gasteiger partial charge on any atom is -0.192 e. The maximum atomic E-state index is 9.07. The third kappa shape index (κ3) is 3.38. The van der Waals surface area contributed by atoms with Crippen LogP contribution < -0.4 is 0 Å². The van der Waals surface area contributed by atoms with Crippen molar-refractivity contribution in [3.05, 3.63) is 63.6 Å². The van der Waals surface area contributed by atoms with E-state index in [0.29, 0.717) is 0 Å². The summed E-state index contributed by atoms with van der Waals surface area (Å²) in [4.78, 5) is 1.02. The SMILES string of the molecule is Cc1cccc(CSc2cc(Br)ccc2C#N)c1. The van der Waals surface area contributed by atoms with Crippen LogP contribution in [0.5, 0.6) is 0 Å². The number of thioether (sulfide) groups is 1. The molecule has 0 saturated carbocycles. The molecule has 0 aliphatic rings. The quantitative estimate of drug-likeness (QED) is 0.750. The first-order chi connectivity index (χ1) is 8.69. The van der Waals surface area contributed by atoms with Gasteiger partial charge in [-0.15, -0.1) is 11.8 Å². The Labute approximate surface area is 120 Å². The third-order valence-corrected chi connectivity index (χ3v) is 4.16. The second kappa shape index (κ2) is 6.08. The topological polar surface area (TPSA) is 23.8 Å². The number of aryl methyl sites for hydroxylation is 1. The number of nitriles is 1. The molecule has 0 heterocycles. The molecular formula is C15H12BrNS. The van der Waals surface area contributed by atoms with Crippen LogP contribution in [0.15, 0.2) is 51.8 Å². The van der Waals surface area contributed by atoms with Gasteiger partial charge < -0.3 is 0 Å². The lowest BCUT2D eigenvalue weighted by Crippen LogP contribution is -1.85. The molecule has 0 unspecified atom stereocenters. The highest BCUT2D eigenvalue weighted by Crippen LogP contribution is 2.28. The molecule has 18 heavy (non-hydrogen) atoms. The van der Waals surface area contributed by atoms with Crippen LogP contribution in [0.1, 0.15) is 16.7 Å². The molecule has 0 aliphatic heterocycles. The Balaban J connectivity index is 2.15. The number of hydrogen-bond donors (Lipinski definition) is 0. The first-order valence-electron chi connectivity index (χ1n) is 5.57. The second-order valence-electron chi connectivity index (χ2n) is 4.03. The van der Waals surface area contributed by atoms with Crippen molar-refractivity contribution in [3.63, 3.8) is 0 Å². The van der Waals surface area contributed by atoms with Crippen LogP contribution >= 0.6 is 27.7 Å². The Morgan fingerprint density at radius 2 is 2.06 bits per heavy atom. The van der Waals surface area contributed by atoms with Gasteiger partial charge in [-0.25, -0.2) is 0 Å². The lowest BCUT2D eigenvalue weighted by Gasteiger charge is -2.05. The van der Waals surface area contributed by atoms with Crippen molar-refractivity contribution in [3.8, 4) is 6.07 Å². The number of hydrogen-bond acceptors (Lipinski definition) is 2. The fourth-order valence-corrected chi connectivity index (χ4v) is 3.16. The van der Waals surface area contributed by atoms with Crippen molar-refractivity contribution < 1.29 is 0 Å². The van der Waals surface area contributed by atoms with Crippen LogP contribution in [0.4, 0.5) is 0 Å². The molecule has 3 heteroatoms. The first-order valence-corrected chi connectivity index (χ1v) is 7.35. The molecule has 0 saturated heterocycles. The highest BCUT2D eigenvalue weighted by molar-refractivity contribution is 9.10. The summed E-state index contributed by atoms with van der Waals surface area (Å²) >= 11 is 5.14. The Morgan fingerprint density at radius 1 is 1.22 bits per heavy atom. The van der Waals surface area contributed by atoms with Gasteiger partial charge in [0.25, 0.3) is 0 Å². The maximum absolute atomic E-state index is 9.07. The van der Waals surface area contributed by atoms with Gasteiger partial charge in [0.2, 0.25) is 0 Å². The molecule has 0 spiro atoms. The van der Waals surface area contributed by atoms with Gasteiger partial charge >= 0.3 is 0 Å².